The molecule has 2 aromatic rings. The van der Waals surface area contributed by atoms with Crippen molar-refractivity contribution in [3.05, 3.63) is 81.5 Å². The lowest BCUT2D eigenvalue weighted by molar-refractivity contribution is -0.132. The number of carbonyl (C=O) groups is 3. The van der Waals surface area contributed by atoms with Gasteiger partial charge in [-0.2, -0.15) is 0 Å². The van der Waals surface area contributed by atoms with Crippen molar-refractivity contribution in [2.75, 3.05) is 11.4 Å². The standard InChI is InChI=1S/C28H28ClN3O5S/c1-28(2,36)20-9-5-13-32(25(20)33)19-8-3-6-17(14-19)15-31-16-18-7-4-10-21(24(18)26(31)34)30-27(35)37-23-12-11-22(29)38-23/h3-4,6,8,10-12,14,16,20,36H,5,7,9,13,15H2,1-2H3,(H,30,35). The van der Waals surface area contributed by atoms with Gasteiger partial charge >= 0.3 is 6.09 Å². The molecule has 2 N–H and O–H groups in total. The van der Waals surface area contributed by atoms with Gasteiger partial charge in [-0.25, -0.2) is 4.79 Å². The van der Waals surface area contributed by atoms with Crippen molar-refractivity contribution >= 4 is 46.5 Å². The highest BCUT2D eigenvalue weighted by molar-refractivity contribution is 7.17. The third kappa shape index (κ3) is 5.41. The Balaban J connectivity index is 1.30. The number of thiophene rings is 1. The Kier molecular flexibility index (Phi) is 7.17. The van der Waals surface area contributed by atoms with Crippen LogP contribution in [0.25, 0.3) is 0 Å². The number of ether oxygens (including phenoxy) is 1. The third-order valence-corrected chi connectivity index (χ3v) is 7.95. The fraction of sp³-hybridized carbons (Fsp3) is 0.321. The van der Waals surface area contributed by atoms with Crippen LogP contribution in [0.4, 0.5) is 10.5 Å². The van der Waals surface area contributed by atoms with Crippen LogP contribution in [0, 0.1) is 5.92 Å². The van der Waals surface area contributed by atoms with Crippen LogP contribution in [0.1, 0.15) is 38.7 Å². The van der Waals surface area contributed by atoms with Crippen LogP contribution in [-0.2, 0) is 16.1 Å². The molecule has 3 heterocycles. The largest absolute Gasteiger partial charge is 0.417 e. The van der Waals surface area contributed by atoms with Crippen LogP contribution in [0.2, 0.25) is 4.34 Å². The van der Waals surface area contributed by atoms with Crippen molar-refractivity contribution in [3.8, 4) is 5.06 Å². The Labute approximate surface area is 229 Å². The summed E-state index contributed by atoms with van der Waals surface area (Å²) in [5.74, 6) is -0.767. The number of benzene rings is 1. The molecule has 10 heteroatoms. The zero-order chi connectivity index (χ0) is 27.0. The number of allylic oxidation sites excluding steroid dienone is 2. The van der Waals surface area contributed by atoms with Gasteiger partial charge in [0.05, 0.1) is 33.7 Å². The van der Waals surface area contributed by atoms with E-state index in [0.717, 1.165) is 34.6 Å². The Hall–Kier alpha value is -3.40. The predicted octanol–water partition coefficient (Wildman–Crippen LogP) is 5.14. The minimum Gasteiger partial charge on any atom is -0.399 e. The lowest BCUT2D eigenvalue weighted by Crippen LogP contribution is -2.49. The van der Waals surface area contributed by atoms with Crippen LogP contribution in [0.15, 0.2) is 71.6 Å². The topological polar surface area (TPSA) is 99.2 Å². The van der Waals surface area contributed by atoms with E-state index in [1.807, 2.05) is 30.3 Å². The summed E-state index contributed by atoms with van der Waals surface area (Å²) in [7, 11) is 0. The van der Waals surface area contributed by atoms with E-state index in [4.69, 9.17) is 16.3 Å². The number of fused-ring (bicyclic) bond motifs is 1. The average Bonchev–Trinajstić information content (AvgIpc) is 3.41. The van der Waals surface area contributed by atoms with Gasteiger partial charge in [0.15, 0.2) is 5.06 Å². The van der Waals surface area contributed by atoms with Crippen LogP contribution in [-0.4, -0.2) is 40.1 Å². The Morgan fingerprint density at radius 3 is 2.82 bits per heavy atom. The van der Waals surface area contributed by atoms with Gasteiger partial charge in [0.25, 0.3) is 5.91 Å². The fourth-order valence-corrected chi connectivity index (χ4v) is 5.90. The fourth-order valence-electron chi connectivity index (χ4n) is 5.03. The normalized spacial score (nSPS) is 19.6. The monoisotopic (exact) mass is 553 g/mol. The lowest BCUT2D eigenvalue weighted by Gasteiger charge is -2.38. The van der Waals surface area contributed by atoms with Crippen LogP contribution < -0.4 is 15.0 Å². The summed E-state index contributed by atoms with van der Waals surface area (Å²) in [5, 5.41) is 13.5. The number of rotatable bonds is 6. The molecule has 1 saturated heterocycles. The second kappa shape index (κ2) is 10.4. The minimum absolute atomic E-state index is 0.0880. The van der Waals surface area contributed by atoms with Crippen molar-refractivity contribution in [1.82, 2.24) is 10.2 Å². The Morgan fingerprint density at radius 2 is 2.08 bits per heavy atom. The summed E-state index contributed by atoms with van der Waals surface area (Å²) in [4.78, 5) is 42.3. The molecule has 1 aromatic heterocycles. The molecule has 3 aliphatic rings. The van der Waals surface area contributed by atoms with Crippen molar-refractivity contribution in [1.29, 1.82) is 0 Å². The molecule has 0 bridgehead atoms. The van der Waals surface area contributed by atoms with Crippen LogP contribution in [0.5, 0.6) is 5.06 Å². The van der Waals surface area contributed by atoms with E-state index in [-0.39, 0.29) is 11.8 Å². The van der Waals surface area contributed by atoms with E-state index in [9.17, 15) is 19.5 Å². The molecule has 2 aliphatic heterocycles. The Morgan fingerprint density at radius 1 is 1.26 bits per heavy atom. The van der Waals surface area contributed by atoms with Gasteiger partial charge in [0, 0.05) is 18.4 Å². The quantitative estimate of drug-likeness (QED) is 0.516. The summed E-state index contributed by atoms with van der Waals surface area (Å²) in [6.07, 6.45) is 6.72. The van der Waals surface area contributed by atoms with Crippen LogP contribution in [0.3, 0.4) is 0 Å². The van der Waals surface area contributed by atoms with Gasteiger partial charge in [-0.05, 0) is 74.6 Å². The molecule has 0 radical (unpaired) electrons. The molecule has 198 valence electrons. The second-order valence-electron chi connectivity index (χ2n) is 10.1. The number of hydrogen-bond acceptors (Lipinski definition) is 6. The highest BCUT2D eigenvalue weighted by Gasteiger charge is 2.39. The van der Waals surface area contributed by atoms with E-state index >= 15 is 0 Å². The molecular weight excluding hydrogens is 526 g/mol. The highest BCUT2D eigenvalue weighted by atomic mass is 35.5. The maximum Gasteiger partial charge on any atom is 0.417 e. The maximum atomic E-state index is 13.4. The summed E-state index contributed by atoms with van der Waals surface area (Å²) in [6.45, 7) is 4.24. The summed E-state index contributed by atoms with van der Waals surface area (Å²) >= 11 is 7.03. The first kappa shape index (κ1) is 26.2. The van der Waals surface area contributed by atoms with Crippen LogP contribution >= 0.6 is 22.9 Å². The van der Waals surface area contributed by atoms with Crippen molar-refractivity contribution in [3.63, 3.8) is 0 Å². The van der Waals surface area contributed by atoms with E-state index < -0.39 is 17.6 Å². The molecule has 1 atom stereocenters. The summed E-state index contributed by atoms with van der Waals surface area (Å²) < 4.78 is 5.78. The molecular formula is C28H28ClN3O5S. The minimum atomic E-state index is -1.09. The second-order valence-corrected chi connectivity index (χ2v) is 11.7. The first-order valence-electron chi connectivity index (χ1n) is 12.4. The van der Waals surface area contributed by atoms with E-state index in [2.05, 4.69) is 5.32 Å². The molecule has 3 amide bonds. The molecule has 1 unspecified atom stereocenters. The molecule has 0 saturated carbocycles. The van der Waals surface area contributed by atoms with Gasteiger partial charge in [0.1, 0.15) is 0 Å². The first-order valence-corrected chi connectivity index (χ1v) is 13.6. The molecule has 1 aromatic carbocycles. The zero-order valence-electron chi connectivity index (χ0n) is 21.1. The molecule has 1 aliphatic carbocycles. The zero-order valence-corrected chi connectivity index (χ0v) is 22.6. The number of aliphatic hydroxyl groups is 1. The van der Waals surface area contributed by atoms with Crippen molar-refractivity contribution in [2.45, 2.75) is 45.3 Å². The number of nitrogens with one attached hydrogen (secondary N) is 1. The average molecular weight is 554 g/mol. The summed E-state index contributed by atoms with van der Waals surface area (Å²) in [6, 6.07) is 10.8. The van der Waals surface area contributed by atoms with Gasteiger partial charge < -0.3 is 19.6 Å². The van der Waals surface area contributed by atoms with Crippen molar-refractivity contribution < 1.29 is 24.2 Å². The van der Waals surface area contributed by atoms with Gasteiger partial charge in [0.2, 0.25) is 5.91 Å². The van der Waals surface area contributed by atoms with Crippen molar-refractivity contribution in [2.24, 2.45) is 5.92 Å². The summed E-state index contributed by atoms with van der Waals surface area (Å²) in [5.41, 5.74) is 2.15. The van der Waals surface area contributed by atoms with Gasteiger partial charge in [-0.3, -0.25) is 14.9 Å². The number of amides is 3. The number of halogens is 1. The SMILES string of the molecule is CC(C)(O)C1CCCN(c2cccc(CN3C=C4CC=CC(NC(=O)Oc5ccc(Cl)s5)=C4C3=O)c2)C1=O. The van der Waals surface area contributed by atoms with Gasteiger partial charge in [-0.1, -0.05) is 41.1 Å². The van der Waals surface area contributed by atoms with E-state index in [0.29, 0.717) is 46.6 Å². The lowest BCUT2D eigenvalue weighted by atomic mass is 9.83. The molecule has 1 fully saturated rings. The molecule has 8 nitrogen and oxygen atoms in total. The Bertz CT molecular complexity index is 1390. The van der Waals surface area contributed by atoms with E-state index in [1.165, 1.54) is 0 Å². The predicted molar refractivity (Wildman–Crippen MR) is 146 cm³/mol. The highest BCUT2D eigenvalue weighted by Crippen LogP contribution is 2.34. The smallest absolute Gasteiger partial charge is 0.399 e. The number of anilines is 1. The van der Waals surface area contributed by atoms with Gasteiger partial charge in [-0.15, -0.1) is 0 Å². The number of piperidine rings is 1. The first-order chi connectivity index (χ1) is 18.1. The number of nitrogens with zero attached hydrogens (tertiary/aromatic N) is 2. The third-order valence-electron chi connectivity index (χ3n) is 6.84. The molecule has 5 rings (SSSR count). The number of hydrogen-bond donors (Lipinski definition) is 2. The number of carbonyl (C=O) groups excluding carboxylic acids is 3. The molecule has 0 spiro atoms. The molecule has 38 heavy (non-hydrogen) atoms. The van der Waals surface area contributed by atoms with E-state index in [1.54, 1.807) is 48.1 Å². The maximum absolute atomic E-state index is 13.4.